The third kappa shape index (κ3) is 5.69. The first-order valence-electron chi connectivity index (χ1n) is 8.58. The average Bonchev–Trinajstić information content (AvgIpc) is 2.55. The van der Waals surface area contributed by atoms with Crippen LogP contribution in [0.25, 0.3) is 0 Å². The first kappa shape index (κ1) is 18.0. The van der Waals surface area contributed by atoms with Crippen LogP contribution in [-0.2, 0) is 13.0 Å². The smallest absolute Gasteiger partial charge is 0.191 e. The number of guanidine groups is 1. The van der Waals surface area contributed by atoms with Crippen LogP contribution in [0, 0.1) is 20.8 Å². The molecule has 2 N–H and O–H groups in total. The van der Waals surface area contributed by atoms with E-state index in [1.54, 1.807) is 0 Å². The summed E-state index contributed by atoms with van der Waals surface area (Å²) in [6, 6.07) is 10.7. The topological polar surface area (TPSA) is 49.3 Å². The van der Waals surface area contributed by atoms with Gasteiger partial charge in [-0.2, -0.15) is 0 Å². The molecular weight excluding hydrogens is 296 g/mol. The second kappa shape index (κ2) is 9.06. The Bertz CT molecular complexity index is 675. The first-order chi connectivity index (χ1) is 11.6. The molecule has 1 aromatic carbocycles. The number of nitrogens with zero attached hydrogens (tertiary/aromatic N) is 2. The van der Waals surface area contributed by atoms with E-state index in [1.807, 2.05) is 13.1 Å². The number of pyridine rings is 1. The van der Waals surface area contributed by atoms with Crippen molar-refractivity contribution in [1.29, 1.82) is 0 Å². The number of aliphatic imine (C=N–C) groups is 1. The molecule has 4 heteroatoms. The van der Waals surface area contributed by atoms with Crippen LogP contribution < -0.4 is 10.6 Å². The molecule has 0 radical (unpaired) electrons. The highest BCUT2D eigenvalue weighted by atomic mass is 15.2. The minimum absolute atomic E-state index is 0.688. The van der Waals surface area contributed by atoms with Crippen LogP contribution in [0.1, 0.15) is 34.9 Å². The van der Waals surface area contributed by atoms with Gasteiger partial charge in [-0.15, -0.1) is 0 Å². The number of hydrogen-bond donors (Lipinski definition) is 2. The molecule has 0 aliphatic heterocycles. The summed E-state index contributed by atoms with van der Waals surface area (Å²) in [4.78, 5) is 9.03. The van der Waals surface area contributed by atoms with Crippen LogP contribution >= 0.6 is 0 Å². The summed E-state index contributed by atoms with van der Waals surface area (Å²) in [5.41, 5.74) is 6.13. The Kier molecular flexibility index (Phi) is 6.79. The van der Waals surface area contributed by atoms with Crippen molar-refractivity contribution in [3.8, 4) is 0 Å². The van der Waals surface area contributed by atoms with Gasteiger partial charge in [0.25, 0.3) is 0 Å². The molecular formula is C20H28N4. The fourth-order valence-corrected chi connectivity index (χ4v) is 2.50. The van der Waals surface area contributed by atoms with E-state index in [0.717, 1.165) is 31.2 Å². The number of nitrogens with one attached hydrogen (secondary N) is 2. The number of rotatable bonds is 6. The Morgan fingerprint density at radius 1 is 1.08 bits per heavy atom. The minimum Gasteiger partial charge on any atom is -0.357 e. The molecule has 0 atom stereocenters. The van der Waals surface area contributed by atoms with Crippen LogP contribution in [0.3, 0.4) is 0 Å². The maximum absolute atomic E-state index is 4.70. The van der Waals surface area contributed by atoms with Crippen LogP contribution in [0.4, 0.5) is 0 Å². The SMILES string of the molecule is CCNC(=NCc1ccc(C)cc1C)NCCc1ccc(C)nc1. The quantitative estimate of drug-likeness (QED) is 0.633. The number of benzene rings is 1. The lowest BCUT2D eigenvalue weighted by atomic mass is 10.1. The van der Waals surface area contributed by atoms with Gasteiger partial charge >= 0.3 is 0 Å². The predicted molar refractivity (Wildman–Crippen MR) is 101 cm³/mol. The lowest BCUT2D eigenvalue weighted by molar-refractivity contribution is 0.797. The summed E-state index contributed by atoms with van der Waals surface area (Å²) >= 11 is 0. The van der Waals surface area contributed by atoms with Gasteiger partial charge in [0.05, 0.1) is 6.54 Å². The molecule has 0 saturated heterocycles. The zero-order valence-electron chi connectivity index (χ0n) is 15.2. The van der Waals surface area contributed by atoms with Gasteiger partial charge in [-0.1, -0.05) is 29.8 Å². The van der Waals surface area contributed by atoms with Crippen molar-refractivity contribution in [2.45, 2.75) is 40.7 Å². The van der Waals surface area contributed by atoms with Crippen LogP contribution in [0.5, 0.6) is 0 Å². The van der Waals surface area contributed by atoms with Crippen molar-refractivity contribution in [3.63, 3.8) is 0 Å². The highest BCUT2D eigenvalue weighted by Crippen LogP contribution is 2.11. The van der Waals surface area contributed by atoms with Crippen molar-refractivity contribution in [3.05, 3.63) is 64.5 Å². The van der Waals surface area contributed by atoms with Gasteiger partial charge in [-0.3, -0.25) is 4.98 Å². The van der Waals surface area contributed by atoms with Gasteiger partial charge in [0, 0.05) is 25.0 Å². The first-order valence-corrected chi connectivity index (χ1v) is 8.58. The Labute approximate surface area is 145 Å². The van der Waals surface area contributed by atoms with Crippen molar-refractivity contribution < 1.29 is 0 Å². The molecule has 4 nitrogen and oxygen atoms in total. The van der Waals surface area contributed by atoms with Gasteiger partial charge < -0.3 is 10.6 Å². The van der Waals surface area contributed by atoms with E-state index in [9.17, 15) is 0 Å². The average molecular weight is 324 g/mol. The molecule has 0 aliphatic carbocycles. The second-order valence-corrected chi connectivity index (χ2v) is 6.11. The molecule has 0 bridgehead atoms. The van der Waals surface area contributed by atoms with E-state index in [0.29, 0.717) is 6.54 Å². The number of hydrogen-bond acceptors (Lipinski definition) is 2. The normalized spacial score (nSPS) is 11.4. The zero-order chi connectivity index (χ0) is 17.4. The summed E-state index contributed by atoms with van der Waals surface area (Å²) in [6.07, 6.45) is 2.87. The molecule has 0 fully saturated rings. The van der Waals surface area contributed by atoms with E-state index < -0.39 is 0 Å². The molecule has 0 aliphatic rings. The lowest BCUT2D eigenvalue weighted by Gasteiger charge is -2.12. The summed E-state index contributed by atoms with van der Waals surface area (Å²) in [6.45, 7) is 10.7. The van der Waals surface area contributed by atoms with Crippen molar-refractivity contribution in [2.75, 3.05) is 13.1 Å². The van der Waals surface area contributed by atoms with E-state index in [4.69, 9.17) is 4.99 Å². The summed E-state index contributed by atoms with van der Waals surface area (Å²) < 4.78 is 0. The zero-order valence-corrected chi connectivity index (χ0v) is 15.2. The Hall–Kier alpha value is -2.36. The maximum Gasteiger partial charge on any atom is 0.191 e. The molecule has 0 amide bonds. The summed E-state index contributed by atoms with van der Waals surface area (Å²) in [7, 11) is 0. The highest BCUT2D eigenvalue weighted by Gasteiger charge is 2.01. The van der Waals surface area contributed by atoms with Gasteiger partial charge in [0.2, 0.25) is 0 Å². The van der Waals surface area contributed by atoms with E-state index in [1.165, 1.54) is 22.3 Å². The molecule has 128 valence electrons. The molecule has 1 heterocycles. The largest absolute Gasteiger partial charge is 0.357 e. The molecule has 0 unspecified atom stereocenters. The predicted octanol–water partition coefficient (Wildman–Crippen LogP) is 3.30. The minimum atomic E-state index is 0.688. The summed E-state index contributed by atoms with van der Waals surface area (Å²) in [5.74, 6) is 0.859. The fourth-order valence-electron chi connectivity index (χ4n) is 2.50. The molecule has 0 spiro atoms. The Balaban J connectivity index is 1.91. The lowest BCUT2D eigenvalue weighted by Crippen LogP contribution is -2.38. The van der Waals surface area contributed by atoms with Gasteiger partial charge in [-0.25, -0.2) is 4.99 Å². The van der Waals surface area contributed by atoms with Crippen LogP contribution in [0.2, 0.25) is 0 Å². The van der Waals surface area contributed by atoms with E-state index >= 15 is 0 Å². The fraction of sp³-hybridized carbons (Fsp3) is 0.400. The third-order valence-electron chi connectivity index (χ3n) is 3.93. The second-order valence-electron chi connectivity index (χ2n) is 6.11. The monoisotopic (exact) mass is 324 g/mol. The van der Waals surface area contributed by atoms with Crippen molar-refractivity contribution >= 4 is 5.96 Å². The number of aryl methyl sites for hydroxylation is 3. The molecule has 24 heavy (non-hydrogen) atoms. The maximum atomic E-state index is 4.70. The highest BCUT2D eigenvalue weighted by molar-refractivity contribution is 5.79. The third-order valence-corrected chi connectivity index (χ3v) is 3.93. The van der Waals surface area contributed by atoms with E-state index in [2.05, 4.69) is 66.7 Å². The molecule has 2 aromatic rings. The summed E-state index contributed by atoms with van der Waals surface area (Å²) in [5, 5.41) is 6.70. The standard InChI is InChI=1S/C20H28N4/c1-5-21-20(22-11-10-18-8-7-17(4)23-13-18)24-14-19-9-6-15(2)12-16(19)3/h6-9,12-13H,5,10-11,14H2,1-4H3,(H2,21,22,24). The number of aromatic nitrogens is 1. The Morgan fingerprint density at radius 3 is 2.58 bits per heavy atom. The van der Waals surface area contributed by atoms with Gasteiger partial charge in [0.15, 0.2) is 5.96 Å². The van der Waals surface area contributed by atoms with Gasteiger partial charge in [0.1, 0.15) is 0 Å². The van der Waals surface area contributed by atoms with Crippen molar-refractivity contribution in [2.24, 2.45) is 4.99 Å². The molecule has 0 saturated carbocycles. The van der Waals surface area contributed by atoms with Gasteiger partial charge in [-0.05, 0) is 56.9 Å². The molecule has 1 aromatic heterocycles. The van der Waals surface area contributed by atoms with E-state index in [-0.39, 0.29) is 0 Å². The van der Waals surface area contributed by atoms with Crippen molar-refractivity contribution in [1.82, 2.24) is 15.6 Å². The van der Waals surface area contributed by atoms with Crippen LogP contribution in [0.15, 0.2) is 41.5 Å². The molecule has 2 rings (SSSR count). The van der Waals surface area contributed by atoms with Crippen LogP contribution in [-0.4, -0.2) is 24.0 Å². The Morgan fingerprint density at radius 2 is 1.92 bits per heavy atom.